The molecule has 0 fully saturated rings. The Balaban J connectivity index is 1.76. The highest BCUT2D eigenvalue weighted by Crippen LogP contribution is 2.31. The highest BCUT2D eigenvalue weighted by Gasteiger charge is 2.22. The van der Waals surface area contributed by atoms with E-state index in [4.69, 9.17) is 4.42 Å². The molecule has 3 N–H and O–H groups in total. The van der Waals surface area contributed by atoms with Crippen LogP contribution in [-0.2, 0) is 10.0 Å². The van der Waals surface area contributed by atoms with Gasteiger partial charge in [0, 0.05) is 17.3 Å². The van der Waals surface area contributed by atoms with Crippen molar-refractivity contribution in [2.75, 3.05) is 4.72 Å². The van der Waals surface area contributed by atoms with Gasteiger partial charge in [-0.15, -0.1) is 0 Å². The summed E-state index contributed by atoms with van der Waals surface area (Å²) in [5, 5.41) is 0. The maximum Gasteiger partial charge on any atom is 0.314 e. The molecule has 0 unspecified atom stereocenters. The van der Waals surface area contributed by atoms with E-state index in [2.05, 4.69) is 14.7 Å². The molecule has 0 aliphatic carbocycles. The largest absolute Gasteiger partial charge is 0.472 e. The highest BCUT2D eigenvalue weighted by molar-refractivity contribution is 7.92. The number of nitrogens with one attached hydrogen (secondary N) is 3. The fourth-order valence-corrected chi connectivity index (χ4v) is 4.55. The maximum absolute atomic E-state index is 14.5. The predicted molar refractivity (Wildman–Crippen MR) is 110 cm³/mol. The van der Waals surface area contributed by atoms with Crippen molar-refractivity contribution < 1.29 is 17.2 Å². The molecule has 2 aromatic carbocycles. The maximum atomic E-state index is 14.5. The number of aryl methyl sites for hydroxylation is 2. The standard InChI is InChI=1S/C20H16FN3O5S/c1-10-5-13(6-11(2)18(10)12-3-4-29-9-12)24-30(27,28)17-8-16-15(7-14(17)21)22-19(25)20(26)23-16/h3-9,24H,1-2H3,(H,22,25)(H,23,26). The highest BCUT2D eigenvalue weighted by atomic mass is 32.2. The number of H-pyrrole nitrogens is 2. The molecule has 8 nitrogen and oxygen atoms in total. The van der Waals surface area contributed by atoms with Gasteiger partial charge < -0.3 is 14.4 Å². The smallest absolute Gasteiger partial charge is 0.314 e. The van der Waals surface area contributed by atoms with Crippen LogP contribution >= 0.6 is 0 Å². The number of sulfonamides is 1. The first kappa shape index (κ1) is 19.6. The molecule has 0 spiro atoms. The van der Waals surface area contributed by atoms with Crippen LogP contribution in [0, 0.1) is 19.7 Å². The summed E-state index contributed by atoms with van der Waals surface area (Å²) in [4.78, 5) is 26.7. The summed E-state index contributed by atoms with van der Waals surface area (Å²) >= 11 is 0. The SMILES string of the molecule is Cc1cc(NS(=O)(=O)c2cc3[nH]c(=O)c(=O)[nH]c3cc2F)cc(C)c1-c1ccoc1. The third-order valence-corrected chi connectivity index (χ3v) is 6.06. The van der Waals surface area contributed by atoms with E-state index in [9.17, 15) is 22.4 Å². The Morgan fingerprint density at radius 2 is 1.57 bits per heavy atom. The van der Waals surface area contributed by atoms with Gasteiger partial charge in [-0.1, -0.05) is 0 Å². The molecule has 4 rings (SSSR count). The van der Waals surface area contributed by atoms with Crippen molar-refractivity contribution in [2.45, 2.75) is 18.7 Å². The zero-order valence-corrected chi connectivity index (χ0v) is 16.7. The normalized spacial score (nSPS) is 11.7. The molecule has 0 aliphatic heterocycles. The molecule has 4 aromatic rings. The van der Waals surface area contributed by atoms with Gasteiger partial charge in [-0.3, -0.25) is 14.3 Å². The number of rotatable bonds is 4. The predicted octanol–water partition coefficient (Wildman–Crippen LogP) is 3.03. The van der Waals surface area contributed by atoms with Gasteiger partial charge in [-0.05, 0) is 54.8 Å². The van der Waals surface area contributed by atoms with Gasteiger partial charge in [-0.25, -0.2) is 12.8 Å². The first-order valence-corrected chi connectivity index (χ1v) is 10.3. The van der Waals surface area contributed by atoms with Gasteiger partial charge in [0.05, 0.1) is 23.6 Å². The van der Waals surface area contributed by atoms with Crippen molar-refractivity contribution in [3.05, 3.63) is 80.5 Å². The van der Waals surface area contributed by atoms with Crippen LogP contribution in [0.5, 0.6) is 0 Å². The van der Waals surface area contributed by atoms with E-state index < -0.39 is 31.9 Å². The van der Waals surface area contributed by atoms with Crippen molar-refractivity contribution in [3.63, 3.8) is 0 Å². The molecule has 2 heterocycles. The van der Waals surface area contributed by atoms with E-state index in [-0.39, 0.29) is 16.7 Å². The molecular weight excluding hydrogens is 413 g/mol. The lowest BCUT2D eigenvalue weighted by Crippen LogP contribution is -2.29. The van der Waals surface area contributed by atoms with Crippen molar-refractivity contribution in [3.8, 4) is 11.1 Å². The summed E-state index contributed by atoms with van der Waals surface area (Å²) in [6.45, 7) is 3.65. The van der Waals surface area contributed by atoms with Crippen molar-refractivity contribution in [1.29, 1.82) is 0 Å². The minimum atomic E-state index is -4.32. The second-order valence-corrected chi connectivity index (χ2v) is 8.49. The summed E-state index contributed by atoms with van der Waals surface area (Å²) in [7, 11) is -4.32. The Morgan fingerprint density at radius 3 is 2.13 bits per heavy atom. The lowest BCUT2D eigenvalue weighted by atomic mass is 9.97. The van der Waals surface area contributed by atoms with E-state index in [1.54, 1.807) is 30.7 Å². The molecule has 2 aromatic heterocycles. The molecule has 0 amide bonds. The second-order valence-electron chi connectivity index (χ2n) is 6.84. The lowest BCUT2D eigenvalue weighted by Gasteiger charge is -2.14. The van der Waals surface area contributed by atoms with Gasteiger partial charge in [0.2, 0.25) is 0 Å². The van der Waals surface area contributed by atoms with Gasteiger partial charge in [0.25, 0.3) is 10.0 Å². The molecule has 0 aliphatic rings. The van der Waals surface area contributed by atoms with E-state index >= 15 is 0 Å². The quantitative estimate of drug-likeness (QED) is 0.430. The number of hydrogen-bond donors (Lipinski definition) is 3. The number of halogens is 1. The number of aromatic amines is 2. The third-order valence-electron chi connectivity index (χ3n) is 4.66. The number of fused-ring (bicyclic) bond motifs is 1. The topological polar surface area (TPSA) is 125 Å². The fraction of sp³-hybridized carbons (Fsp3) is 0.100. The van der Waals surface area contributed by atoms with Crippen LogP contribution < -0.4 is 15.8 Å². The molecule has 0 saturated carbocycles. The zero-order valence-electron chi connectivity index (χ0n) is 15.9. The molecule has 30 heavy (non-hydrogen) atoms. The Labute approximate surface area is 169 Å². The minimum absolute atomic E-state index is 0.0101. The van der Waals surface area contributed by atoms with E-state index in [0.29, 0.717) is 0 Å². The van der Waals surface area contributed by atoms with Crippen LogP contribution in [0.25, 0.3) is 22.2 Å². The van der Waals surface area contributed by atoms with Crippen LogP contribution in [0.4, 0.5) is 10.1 Å². The third kappa shape index (κ3) is 3.41. The van der Waals surface area contributed by atoms with Crippen LogP contribution in [-0.4, -0.2) is 18.4 Å². The van der Waals surface area contributed by atoms with Gasteiger partial charge in [-0.2, -0.15) is 0 Å². The Hall–Kier alpha value is -3.66. The van der Waals surface area contributed by atoms with Crippen LogP contribution in [0.1, 0.15) is 11.1 Å². The van der Waals surface area contributed by atoms with Crippen molar-refractivity contribution in [1.82, 2.24) is 9.97 Å². The Morgan fingerprint density at radius 1 is 0.967 bits per heavy atom. The van der Waals surface area contributed by atoms with E-state index in [1.165, 1.54) is 0 Å². The molecule has 0 saturated heterocycles. The summed E-state index contributed by atoms with van der Waals surface area (Å²) in [6, 6.07) is 6.87. The molecule has 0 atom stereocenters. The Bertz CT molecular complexity index is 1480. The number of furan rings is 1. The van der Waals surface area contributed by atoms with Gasteiger partial charge in [0.1, 0.15) is 10.7 Å². The average Bonchev–Trinajstić information content (AvgIpc) is 3.15. The van der Waals surface area contributed by atoms with Crippen LogP contribution in [0.3, 0.4) is 0 Å². The second kappa shape index (κ2) is 6.99. The van der Waals surface area contributed by atoms with Crippen molar-refractivity contribution in [2.24, 2.45) is 0 Å². The molecule has 154 valence electrons. The van der Waals surface area contributed by atoms with Crippen LogP contribution in [0.15, 0.2) is 61.8 Å². The number of aromatic nitrogens is 2. The monoisotopic (exact) mass is 429 g/mol. The molecule has 0 bridgehead atoms. The van der Waals surface area contributed by atoms with E-state index in [0.717, 1.165) is 34.4 Å². The minimum Gasteiger partial charge on any atom is -0.472 e. The number of anilines is 1. The molecular formula is C20H16FN3O5S. The molecule has 10 heteroatoms. The average molecular weight is 429 g/mol. The summed E-state index contributed by atoms with van der Waals surface area (Å²) in [6.07, 6.45) is 3.14. The summed E-state index contributed by atoms with van der Waals surface area (Å²) < 4.78 is 47.6. The van der Waals surface area contributed by atoms with Crippen molar-refractivity contribution >= 4 is 26.7 Å². The molecule has 0 radical (unpaired) electrons. The first-order chi connectivity index (χ1) is 14.2. The lowest BCUT2D eigenvalue weighted by molar-refractivity contribution is 0.568. The van der Waals surface area contributed by atoms with Gasteiger partial charge in [0.15, 0.2) is 0 Å². The number of benzene rings is 2. The van der Waals surface area contributed by atoms with Gasteiger partial charge >= 0.3 is 11.1 Å². The van der Waals surface area contributed by atoms with E-state index in [1.807, 2.05) is 13.8 Å². The summed E-state index contributed by atoms with van der Waals surface area (Å²) in [5.74, 6) is -1.07. The first-order valence-electron chi connectivity index (χ1n) is 8.78. The number of hydrogen-bond acceptors (Lipinski definition) is 5. The van der Waals surface area contributed by atoms with Crippen LogP contribution in [0.2, 0.25) is 0 Å². The summed E-state index contributed by atoms with van der Waals surface area (Å²) in [5.41, 5.74) is 1.67. The Kier molecular flexibility index (Phi) is 4.58. The zero-order chi connectivity index (χ0) is 21.6. The fourth-order valence-electron chi connectivity index (χ4n) is 3.42.